The number of nitrogens with zero attached hydrogens (tertiary/aromatic N) is 3. The second-order valence-electron chi connectivity index (χ2n) is 11.5. The molecule has 3 saturated heterocycles. The minimum absolute atomic E-state index is 0.00413. The maximum absolute atomic E-state index is 14.1. The average molecular weight is 536 g/mol. The zero-order chi connectivity index (χ0) is 27.8. The van der Waals surface area contributed by atoms with Gasteiger partial charge in [0.25, 0.3) is 0 Å². The van der Waals surface area contributed by atoms with E-state index in [0.29, 0.717) is 48.9 Å². The van der Waals surface area contributed by atoms with Gasteiger partial charge in [-0.1, -0.05) is 30.3 Å². The second-order valence-corrected chi connectivity index (χ2v) is 11.5. The first-order chi connectivity index (χ1) is 19.3. The Morgan fingerprint density at radius 1 is 1.05 bits per heavy atom. The molecule has 3 aromatic carbocycles. The normalized spacial score (nSPS) is 27.2. The van der Waals surface area contributed by atoms with Crippen molar-refractivity contribution in [2.45, 2.75) is 50.4 Å². The van der Waals surface area contributed by atoms with Gasteiger partial charge < -0.3 is 19.5 Å². The highest BCUT2D eigenvalue weighted by molar-refractivity contribution is 6.24. The number of phenolic OH excluding ortho intramolecular Hbond substituents is 1. The Balaban J connectivity index is 1.25. The molecule has 4 unspecified atom stereocenters. The number of hydrogen-bond acceptors (Lipinski definition) is 6. The van der Waals surface area contributed by atoms with Gasteiger partial charge in [-0.05, 0) is 67.8 Å². The van der Waals surface area contributed by atoms with Crippen LogP contribution in [0, 0.1) is 23.2 Å². The summed E-state index contributed by atoms with van der Waals surface area (Å²) in [6, 6.07) is 18.5. The Bertz CT molecular complexity index is 1770. The molecule has 2 N–H and O–H groups in total. The van der Waals surface area contributed by atoms with Crippen LogP contribution < -0.4 is 4.90 Å². The topological polar surface area (TPSA) is 116 Å². The van der Waals surface area contributed by atoms with Crippen LogP contribution >= 0.6 is 0 Å². The minimum Gasteiger partial charge on any atom is -0.508 e. The average Bonchev–Trinajstić information content (AvgIpc) is 3.63. The van der Waals surface area contributed by atoms with Gasteiger partial charge in [-0.15, -0.1) is 0 Å². The molecule has 3 aliphatic heterocycles. The molecular formula is C32H29N3O5. The number of aliphatic hydroxyl groups excluding tert-OH is 1. The summed E-state index contributed by atoms with van der Waals surface area (Å²) >= 11 is 0. The molecule has 0 radical (unpaired) electrons. The Labute approximate surface area is 231 Å². The molecule has 2 amide bonds. The van der Waals surface area contributed by atoms with Crippen molar-refractivity contribution in [3.63, 3.8) is 0 Å². The Hall–Kier alpha value is -4.19. The maximum atomic E-state index is 14.1. The zero-order valence-corrected chi connectivity index (χ0v) is 22.1. The van der Waals surface area contributed by atoms with E-state index in [-0.39, 0.29) is 24.2 Å². The number of amides is 2. The Morgan fingerprint density at radius 3 is 2.65 bits per heavy atom. The molecule has 3 fully saturated rings. The fourth-order valence-corrected chi connectivity index (χ4v) is 7.58. The number of fused-ring (bicyclic) bond motifs is 7. The van der Waals surface area contributed by atoms with Crippen molar-refractivity contribution in [1.29, 1.82) is 5.26 Å². The molecular weight excluding hydrogens is 506 g/mol. The number of hydrogen-bond donors (Lipinski definition) is 2. The molecule has 4 atom stereocenters. The number of aryl methyl sites for hydroxylation is 1. The van der Waals surface area contributed by atoms with Crippen molar-refractivity contribution >= 4 is 39.2 Å². The quantitative estimate of drug-likeness (QED) is 0.353. The molecule has 3 aliphatic rings. The summed E-state index contributed by atoms with van der Waals surface area (Å²) in [5.74, 6) is -1.65. The molecule has 0 aliphatic carbocycles. The van der Waals surface area contributed by atoms with E-state index in [1.54, 1.807) is 18.2 Å². The number of phenols is 1. The first-order valence-corrected chi connectivity index (χ1v) is 13.7. The van der Waals surface area contributed by atoms with Crippen LogP contribution in [0.3, 0.4) is 0 Å². The van der Waals surface area contributed by atoms with Crippen LogP contribution in [-0.2, 0) is 27.3 Å². The molecule has 4 heterocycles. The van der Waals surface area contributed by atoms with Crippen LogP contribution in [0.15, 0.2) is 60.8 Å². The highest BCUT2D eigenvalue weighted by Crippen LogP contribution is 2.62. The molecule has 4 aromatic rings. The number of nitriles is 1. The van der Waals surface area contributed by atoms with Gasteiger partial charge in [0, 0.05) is 35.6 Å². The largest absolute Gasteiger partial charge is 0.508 e. The van der Waals surface area contributed by atoms with Crippen LogP contribution in [-0.4, -0.2) is 44.4 Å². The fraction of sp³-hybridized carbons (Fsp3) is 0.344. The van der Waals surface area contributed by atoms with Crippen LogP contribution in [0.5, 0.6) is 5.75 Å². The van der Waals surface area contributed by atoms with Gasteiger partial charge in [0.2, 0.25) is 11.8 Å². The summed E-state index contributed by atoms with van der Waals surface area (Å²) < 4.78 is 8.73. The number of anilines is 1. The number of aliphatic hydroxyl groups is 1. The predicted molar refractivity (Wildman–Crippen MR) is 149 cm³/mol. The standard InChI is InChI=1S/C32H29N3O5/c1-31-11-12-32(40-31,13-14-34-18-20(10-15-36)23-16-21(37)7-9-25(23)34)28-27(31)29(38)35(30(28)39)26-8-6-19-4-2-3-5-22(19)24(26)17-33/h2-9,16,18,27-28,36-37H,10-15H2,1H3. The number of imide groups is 1. The third kappa shape index (κ3) is 3.31. The highest BCUT2D eigenvalue weighted by Gasteiger charge is 2.73. The number of carbonyl (C=O) groups excluding carboxylic acids is 2. The van der Waals surface area contributed by atoms with Crippen LogP contribution in [0.4, 0.5) is 5.69 Å². The van der Waals surface area contributed by atoms with Crippen molar-refractivity contribution in [3.8, 4) is 11.8 Å². The van der Waals surface area contributed by atoms with E-state index in [0.717, 1.165) is 21.9 Å². The van der Waals surface area contributed by atoms with Gasteiger partial charge in [0.05, 0.1) is 34.3 Å². The molecule has 8 heteroatoms. The van der Waals surface area contributed by atoms with E-state index >= 15 is 0 Å². The van der Waals surface area contributed by atoms with Crippen molar-refractivity contribution in [2.75, 3.05) is 11.5 Å². The number of ether oxygens (including phenoxy) is 1. The maximum Gasteiger partial charge on any atom is 0.240 e. The van der Waals surface area contributed by atoms with Crippen LogP contribution in [0.25, 0.3) is 21.7 Å². The Kier molecular flexibility index (Phi) is 5.37. The third-order valence-corrected chi connectivity index (χ3v) is 9.38. The summed E-state index contributed by atoms with van der Waals surface area (Å²) in [7, 11) is 0. The third-order valence-electron chi connectivity index (χ3n) is 9.38. The lowest BCUT2D eigenvalue weighted by Crippen LogP contribution is -2.42. The summed E-state index contributed by atoms with van der Waals surface area (Å²) in [6.07, 6.45) is 4.33. The van der Waals surface area contributed by atoms with Crippen LogP contribution in [0.2, 0.25) is 0 Å². The Morgan fingerprint density at radius 2 is 1.85 bits per heavy atom. The number of aromatic hydroxyl groups is 1. The van der Waals surface area contributed by atoms with E-state index in [4.69, 9.17) is 4.74 Å². The lowest BCUT2D eigenvalue weighted by molar-refractivity contribution is -0.130. The summed E-state index contributed by atoms with van der Waals surface area (Å²) in [5, 5.41) is 32.1. The molecule has 0 saturated carbocycles. The van der Waals surface area contributed by atoms with Gasteiger partial charge in [-0.2, -0.15) is 5.26 Å². The van der Waals surface area contributed by atoms with Gasteiger partial charge in [-0.3, -0.25) is 9.59 Å². The smallest absolute Gasteiger partial charge is 0.240 e. The summed E-state index contributed by atoms with van der Waals surface area (Å²) in [6.45, 7) is 2.48. The minimum atomic E-state index is -0.796. The van der Waals surface area contributed by atoms with Crippen LogP contribution in [0.1, 0.15) is 37.3 Å². The first-order valence-electron chi connectivity index (χ1n) is 13.7. The SMILES string of the molecule is CC12CCC(CCn3cc(CCO)c4cc(O)ccc43)(O1)C1C(=O)N(c3ccc4ccccc4c3C#N)C(=O)C12. The number of benzene rings is 3. The molecule has 2 bridgehead atoms. The zero-order valence-electron chi connectivity index (χ0n) is 22.1. The summed E-state index contributed by atoms with van der Waals surface area (Å²) in [5.41, 5.74) is 0.987. The number of aromatic nitrogens is 1. The molecule has 7 rings (SSSR count). The van der Waals surface area contributed by atoms with Gasteiger partial charge in [0.15, 0.2) is 0 Å². The van der Waals surface area contributed by atoms with E-state index in [1.165, 1.54) is 4.90 Å². The highest BCUT2D eigenvalue weighted by atomic mass is 16.5. The monoisotopic (exact) mass is 535 g/mol. The van der Waals surface area contributed by atoms with Gasteiger partial charge in [-0.25, -0.2) is 4.90 Å². The van der Waals surface area contributed by atoms with E-state index < -0.39 is 23.0 Å². The van der Waals surface area contributed by atoms with Crippen molar-refractivity contribution in [3.05, 3.63) is 71.9 Å². The van der Waals surface area contributed by atoms with Gasteiger partial charge in [0.1, 0.15) is 11.8 Å². The lowest BCUT2D eigenvalue weighted by Gasteiger charge is -2.31. The fourth-order valence-electron chi connectivity index (χ4n) is 7.58. The van der Waals surface area contributed by atoms with Gasteiger partial charge >= 0.3 is 0 Å². The first kappa shape index (κ1) is 24.8. The number of carbonyl (C=O) groups is 2. The van der Waals surface area contributed by atoms with Crippen molar-refractivity contribution < 1.29 is 24.5 Å². The summed E-state index contributed by atoms with van der Waals surface area (Å²) in [4.78, 5) is 29.3. The molecule has 40 heavy (non-hydrogen) atoms. The van der Waals surface area contributed by atoms with Crippen molar-refractivity contribution in [1.82, 2.24) is 4.57 Å². The predicted octanol–water partition coefficient (Wildman–Crippen LogP) is 4.42. The second kappa shape index (κ2) is 8.65. The van der Waals surface area contributed by atoms with E-state index in [2.05, 4.69) is 10.6 Å². The molecule has 8 nitrogen and oxygen atoms in total. The van der Waals surface area contributed by atoms with Crippen molar-refractivity contribution in [2.24, 2.45) is 11.8 Å². The number of rotatable bonds is 6. The molecule has 0 spiro atoms. The van der Waals surface area contributed by atoms with E-state index in [9.17, 15) is 25.1 Å². The molecule has 1 aromatic heterocycles. The van der Waals surface area contributed by atoms with E-state index in [1.807, 2.05) is 49.5 Å². The molecule has 202 valence electrons. The lowest BCUT2D eigenvalue weighted by atomic mass is 9.67.